The van der Waals surface area contributed by atoms with E-state index in [9.17, 15) is 9.90 Å². The van der Waals surface area contributed by atoms with Crippen molar-refractivity contribution in [3.05, 3.63) is 6.07 Å². The summed E-state index contributed by atoms with van der Waals surface area (Å²) in [5, 5.41) is 14.0. The maximum atomic E-state index is 12.6. The lowest BCUT2D eigenvalue weighted by Gasteiger charge is -2.36. The molecule has 0 unspecified atom stereocenters. The van der Waals surface area contributed by atoms with Gasteiger partial charge in [-0.25, -0.2) is 9.78 Å². The molecular weight excluding hydrogens is 400 g/mol. The van der Waals surface area contributed by atoms with Crippen LogP contribution in [0.5, 0.6) is 17.2 Å². The molecule has 2 fully saturated rings. The number of amides is 2. The second-order valence-corrected chi connectivity index (χ2v) is 8.02. The topological polar surface area (TPSA) is 126 Å². The normalized spacial score (nSPS) is 17.6. The summed E-state index contributed by atoms with van der Waals surface area (Å²) in [5.74, 6) is 1.03. The number of piperazine rings is 1. The molecule has 0 radical (unpaired) electrons. The molecule has 2 amide bonds. The first-order chi connectivity index (χ1) is 15.0. The number of phenols is 1. The SMILES string of the molecule is COc1cc2nc(N3CCN(C(=O)NC4CCCCC4)CC3)nc(N)c2c(O)c1OC. The van der Waals surface area contributed by atoms with Gasteiger partial charge in [-0.3, -0.25) is 0 Å². The molecule has 1 saturated heterocycles. The second-order valence-electron chi connectivity index (χ2n) is 8.02. The highest BCUT2D eigenvalue weighted by Crippen LogP contribution is 2.44. The van der Waals surface area contributed by atoms with Crippen LogP contribution in [0.1, 0.15) is 32.1 Å². The molecule has 31 heavy (non-hydrogen) atoms. The number of hydrogen-bond acceptors (Lipinski definition) is 8. The Morgan fingerprint density at radius 3 is 2.48 bits per heavy atom. The number of nitrogens with two attached hydrogens (primary N) is 1. The lowest BCUT2D eigenvalue weighted by Crippen LogP contribution is -2.54. The average Bonchev–Trinajstić information content (AvgIpc) is 2.79. The van der Waals surface area contributed by atoms with Gasteiger partial charge in [-0.1, -0.05) is 19.3 Å². The van der Waals surface area contributed by atoms with Crippen molar-refractivity contribution in [1.29, 1.82) is 0 Å². The Bertz CT molecular complexity index is 955. The first kappa shape index (κ1) is 21.1. The third-order valence-corrected chi connectivity index (χ3v) is 6.10. The summed E-state index contributed by atoms with van der Waals surface area (Å²) in [7, 11) is 2.94. The highest BCUT2D eigenvalue weighted by atomic mass is 16.5. The molecule has 1 saturated carbocycles. The number of rotatable bonds is 4. The molecule has 1 aliphatic carbocycles. The number of urea groups is 1. The van der Waals surface area contributed by atoms with Crippen molar-refractivity contribution in [3.63, 3.8) is 0 Å². The number of benzene rings is 1. The molecule has 2 aliphatic rings. The minimum absolute atomic E-state index is 0.00671. The number of aromatic nitrogens is 2. The van der Waals surface area contributed by atoms with E-state index in [0.717, 1.165) is 12.8 Å². The second kappa shape index (κ2) is 8.91. The fraction of sp³-hybridized carbons (Fsp3) is 0.571. The zero-order chi connectivity index (χ0) is 22.0. The predicted molar refractivity (Wildman–Crippen MR) is 118 cm³/mol. The lowest BCUT2D eigenvalue weighted by molar-refractivity contribution is 0.186. The Morgan fingerprint density at radius 1 is 1.13 bits per heavy atom. The van der Waals surface area contributed by atoms with Crippen molar-refractivity contribution in [2.45, 2.75) is 38.1 Å². The maximum absolute atomic E-state index is 12.6. The van der Waals surface area contributed by atoms with Crippen LogP contribution < -0.4 is 25.4 Å². The van der Waals surface area contributed by atoms with Crippen LogP contribution in [0.2, 0.25) is 0 Å². The molecule has 2 heterocycles. The van der Waals surface area contributed by atoms with Gasteiger partial charge in [0, 0.05) is 38.3 Å². The van der Waals surface area contributed by atoms with Crippen LogP contribution in [0.25, 0.3) is 10.9 Å². The number of aromatic hydroxyl groups is 1. The summed E-state index contributed by atoms with van der Waals surface area (Å²) in [6.45, 7) is 2.36. The summed E-state index contributed by atoms with van der Waals surface area (Å²) >= 11 is 0. The van der Waals surface area contributed by atoms with Crippen LogP contribution in [-0.2, 0) is 0 Å². The number of phenolic OH excluding ortho intramolecular Hbond substituents is 1. The average molecular weight is 431 g/mol. The fourth-order valence-corrected chi connectivity index (χ4v) is 4.36. The van der Waals surface area contributed by atoms with Crippen LogP contribution >= 0.6 is 0 Å². The predicted octanol–water partition coefficient (Wildman–Crippen LogP) is 2.10. The third-order valence-electron chi connectivity index (χ3n) is 6.10. The number of carbonyl (C=O) groups is 1. The fourth-order valence-electron chi connectivity index (χ4n) is 4.36. The van der Waals surface area contributed by atoms with E-state index >= 15 is 0 Å². The summed E-state index contributed by atoms with van der Waals surface area (Å²) < 4.78 is 10.5. The van der Waals surface area contributed by atoms with E-state index in [1.54, 1.807) is 6.07 Å². The van der Waals surface area contributed by atoms with Crippen LogP contribution in [0.15, 0.2) is 6.07 Å². The molecule has 2 aromatic rings. The number of methoxy groups -OCH3 is 2. The number of nitrogens with one attached hydrogen (secondary N) is 1. The Morgan fingerprint density at radius 2 is 1.84 bits per heavy atom. The van der Waals surface area contributed by atoms with E-state index in [2.05, 4.69) is 15.3 Å². The van der Waals surface area contributed by atoms with Crippen LogP contribution in [0.3, 0.4) is 0 Å². The Balaban J connectivity index is 1.48. The van der Waals surface area contributed by atoms with Gasteiger partial charge in [0.15, 0.2) is 11.5 Å². The maximum Gasteiger partial charge on any atom is 0.317 e. The number of anilines is 2. The number of ether oxygens (including phenoxy) is 2. The van der Waals surface area contributed by atoms with E-state index in [0.29, 0.717) is 54.8 Å². The van der Waals surface area contributed by atoms with Crippen molar-refractivity contribution in [3.8, 4) is 17.2 Å². The summed E-state index contributed by atoms with van der Waals surface area (Å²) in [6, 6.07) is 1.97. The molecule has 10 heteroatoms. The first-order valence-electron chi connectivity index (χ1n) is 10.7. The zero-order valence-corrected chi connectivity index (χ0v) is 18.1. The van der Waals surface area contributed by atoms with Gasteiger partial charge < -0.3 is 35.4 Å². The number of fused-ring (bicyclic) bond motifs is 1. The van der Waals surface area contributed by atoms with E-state index in [1.165, 1.54) is 33.5 Å². The Hall–Kier alpha value is -3.17. The smallest absolute Gasteiger partial charge is 0.317 e. The molecule has 168 valence electrons. The monoisotopic (exact) mass is 430 g/mol. The van der Waals surface area contributed by atoms with Gasteiger partial charge in [0.1, 0.15) is 5.82 Å². The molecule has 1 aliphatic heterocycles. The molecule has 1 aromatic heterocycles. The number of hydrogen-bond donors (Lipinski definition) is 3. The molecule has 0 atom stereocenters. The third kappa shape index (κ3) is 4.19. The number of nitrogens with zero attached hydrogens (tertiary/aromatic N) is 4. The van der Waals surface area contributed by atoms with Crippen LogP contribution in [0.4, 0.5) is 16.6 Å². The van der Waals surface area contributed by atoms with Gasteiger partial charge in [-0.2, -0.15) is 4.98 Å². The Labute approximate surface area is 181 Å². The van der Waals surface area contributed by atoms with Gasteiger partial charge >= 0.3 is 6.03 Å². The molecule has 4 N–H and O–H groups in total. The highest BCUT2D eigenvalue weighted by molar-refractivity contribution is 5.98. The largest absolute Gasteiger partial charge is 0.504 e. The van der Waals surface area contributed by atoms with Crippen molar-refractivity contribution in [2.75, 3.05) is 51.0 Å². The van der Waals surface area contributed by atoms with Crippen molar-refractivity contribution < 1.29 is 19.4 Å². The highest BCUT2D eigenvalue weighted by Gasteiger charge is 2.26. The quantitative estimate of drug-likeness (QED) is 0.673. The van der Waals surface area contributed by atoms with Gasteiger partial charge in [-0.15, -0.1) is 0 Å². The Kier molecular flexibility index (Phi) is 6.06. The van der Waals surface area contributed by atoms with Gasteiger partial charge in [0.25, 0.3) is 0 Å². The molecule has 10 nitrogen and oxygen atoms in total. The van der Waals surface area contributed by atoms with Crippen molar-refractivity contribution >= 4 is 28.7 Å². The zero-order valence-electron chi connectivity index (χ0n) is 18.1. The lowest BCUT2D eigenvalue weighted by atomic mass is 9.96. The molecule has 4 rings (SSSR count). The minimum Gasteiger partial charge on any atom is -0.504 e. The van der Waals surface area contributed by atoms with Gasteiger partial charge in [-0.05, 0) is 12.8 Å². The standard InChI is InChI=1S/C21H30N6O4/c1-30-15-12-14-16(17(28)18(15)31-2)19(22)25-20(24-14)26-8-10-27(11-9-26)21(29)23-13-6-4-3-5-7-13/h12-13,28H,3-11H2,1-2H3,(H,23,29)(H2,22,24,25). The summed E-state index contributed by atoms with van der Waals surface area (Å²) in [6.07, 6.45) is 5.77. The van der Waals surface area contributed by atoms with Gasteiger partial charge in [0.2, 0.25) is 11.7 Å². The summed E-state index contributed by atoms with van der Waals surface area (Å²) in [5.41, 5.74) is 6.62. The summed E-state index contributed by atoms with van der Waals surface area (Å²) in [4.78, 5) is 25.4. The molecule has 1 aromatic carbocycles. The number of nitrogen functional groups attached to an aromatic ring is 1. The molecule has 0 spiro atoms. The van der Waals surface area contributed by atoms with Crippen molar-refractivity contribution in [2.24, 2.45) is 0 Å². The van der Waals surface area contributed by atoms with E-state index in [4.69, 9.17) is 15.2 Å². The van der Waals surface area contributed by atoms with Crippen molar-refractivity contribution in [1.82, 2.24) is 20.2 Å². The van der Waals surface area contributed by atoms with Gasteiger partial charge in [0.05, 0.1) is 25.1 Å². The molecule has 0 bridgehead atoms. The van der Waals surface area contributed by atoms with E-state index < -0.39 is 0 Å². The first-order valence-corrected chi connectivity index (χ1v) is 10.7. The number of carbonyl (C=O) groups excluding carboxylic acids is 1. The minimum atomic E-state index is -0.148. The molecular formula is C21H30N6O4. The van der Waals surface area contributed by atoms with E-state index in [-0.39, 0.29) is 23.3 Å². The van der Waals surface area contributed by atoms with E-state index in [1.807, 2.05) is 9.80 Å². The van der Waals surface area contributed by atoms with Crippen LogP contribution in [0, 0.1) is 0 Å². The van der Waals surface area contributed by atoms with Crippen LogP contribution in [-0.4, -0.2) is 72.4 Å².